The topological polar surface area (TPSA) is 84.9 Å². The van der Waals surface area contributed by atoms with Gasteiger partial charge in [-0.1, -0.05) is 42.5 Å². The summed E-state index contributed by atoms with van der Waals surface area (Å²) in [6.45, 7) is 0.120. The SMILES string of the molecule is O=C(O)COc1ccccc1C(=O)Nc1ccc(OCCCCc2ccccc2)cc1. The van der Waals surface area contributed by atoms with Crippen LogP contribution in [0.3, 0.4) is 0 Å². The average Bonchev–Trinajstić information content (AvgIpc) is 2.79. The van der Waals surface area contributed by atoms with Crippen LogP contribution >= 0.6 is 0 Å². The fourth-order valence-electron chi connectivity index (χ4n) is 3.02. The lowest BCUT2D eigenvalue weighted by molar-refractivity contribution is -0.139. The molecule has 0 spiro atoms. The Kier molecular flexibility index (Phi) is 8.05. The molecule has 2 N–H and O–H groups in total. The van der Waals surface area contributed by atoms with E-state index in [4.69, 9.17) is 14.6 Å². The van der Waals surface area contributed by atoms with Crippen LogP contribution in [0.25, 0.3) is 0 Å². The molecule has 0 aliphatic heterocycles. The molecule has 3 rings (SSSR count). The number of rotatable bonds is 11. The first-order chi connectivity index (χ1) is 15.1. The van der Waals surface area contributed by atoms with Gasteiger partial charge in [0.15, 0.2) is 6.61 Å². The average molecular weight is 419 g/mol. The monoisotopic (exact) mass is 419 g/mol. The summed E-state index contributed by atoms with van der Waals surface area (Å²) in [5, 5.41) is 11.6. The van der Waals surface area contributed by atoms with Crippen molar-refractivity contribution in [3.63, 3.8) is 0 Å². The quantitative estimate of drug-likeness (QED) is 0.436. The van der Waals surface area contributed by atoms with Crippen molar-refractivity contribution in [1.82, 2.24) is 0 Å². The first kappa shape index (κ1) is 21.9. The van der Waals surface area contributed by atoms with E-state index in [1.54, 1.807) is 48.5 Å². The third kappa shape index (κ3) is 7.19. The number of carboxylic acids is 1. The summed E-state index contributed by atoms with van der Waals surface area (Å²) in [6.07, 6.45) is 3.05. The van der Waals surface area contributed by atoms with E-state index < -0.39 is 12.6 Å². The molecule has 6 heteroatoms. The summed E-state index contributed by atoms with van der Waals surface area (Å²) in [4.78, 5) is 23.3. The second-order valence-electron chi connectivity index (χ2n) is 6.95. The van der Waals surface area contributed by atoms with E-state index in [0.29, 0.717) is 12.3 Å². The molecular formula is C25H25NO5. The largest absolute Gasteiger partial charge is 0.494 e. The molecule has 0 atom stereocenters. The highest BCUT2D eigenvalue weighted by Crippen LogP contribution is 2.21. The number of carbonyl (C=O) groups excluding carboxylic acids is 1. The van der Waals surface area contributed by atoms with Crippen molar-refractivity contribution in [2.75, 3.05) is 18.5 Å². The lowest BCUT2D eigenvalue weighted by Crippen LogP contribution is -2.16. The number of unbranched alkanes of at least 4 members (excludes halogenated alkanes) is 1. The second-order valence-corrected chi connectivity index (χ2v) is 6.95. The molecule has 160 valence electrons. The van der Waals surface area contributed by atoms with Gasteiger partial charge >= 0.3 is 5.97 Å². The molecule has 0 bridgehead atoms. The van der Waals surface area contributed by atoms with Crippen LogP contribution < -0.4 is 14.8 Å². The maximum Gasteiger partial charge on any atom is 0.341 e. The maximum absolute atomic E-state index is 12.6. The number of anilines is 1. The number of carbonyl (C=O) groups is 2. The number of benzene rings is 3. The third-order valence-electron chi connectivity index (χ3n) is 4.57. The maximum atomic E-state index is 12.6. The zero-order valence-corrected chi connectivity index (χ0v) is 17.1. The molecule has 0 radical (unpaired) electrons. The Balaban J connectivity index is 1.46. The van der Waals surface area contributed by atoms with E-state index in [9.17, 15) is 9.59 Å². The highest BCUT2D eigenvalue weighted by molar-refractivity contribution is 6.06. The Labute approximate surface area is 181 Å². The Morgan fingerprint density at radius 3 is 2.26 bits per heavy atom. The van der Waals surface area contributed by atoms with Gasteiger partial charge in [0.05, 0.1) is 12.2 Å². The number of para-hydroxylation sites is 1. The van der Waals surface area contributed by atoms with Crippen LogP contribution in [0.2, 0.25) is 0 Å². The molecule has 0 heterocycles. The number of amides is 1. The van der Waals surface area contributed by atoms with Crippen LogP contribution in [0.5, 0.6) is 11.5 Å². The lowest BCUT2D eigenvalue weighted by atomic mass is 10.1. The van der Waals surface area contributed by atoms with Crippen LogP contribution in [0.4, 0.5) is 5.69 Å². The Hall–Kier alpha value is -3.80. The number of hydrogen-bond acceptors (Lipinski definition) is 4. The molecule has 0 fully saturated rings. The zero-order chi connectivity index (χ0) is 21.9. The van der Waals surface area contributed by atoms with Crippen LogP contribution in [-0.2, 0) is 11.2 Å². The molecule has 3 aromatic rings. The summed E-state index contributed by atoms with van der Waals surface area (Å²) in [5.41, 5.74) is 2.20. The second kappa shape index (κ2) is 11.4. The van der Waals surface area contributed by atoms with E-state index in [1.165, 1.54) is 5.56 Å². The van der Waals surface area contributed by atoms with Gasteiger partial charge < -0.3 is 19.9 Å². The van der Waals surface area contributed by atoms with Crippen LogP contribution in [0.15, 0.2) is 78.9 Å². The molecule has 0 saturated carbocycles. The Morgan fingerprint density at radius 1 is 0.806 bits per heavy atom. The molecule has 31 heavy (non-hydrogen) atoms. The Bertz CT molecular complexity index is 986. The van der Waals surface area contributed by atoms with Crippen molar-refractivity contribution >= 4 is 17.6 Å². The van der Waals surface area contributed by atoms with Gasteiger partial charge in [-0.2, -0.15) is 0 Å². The minimum atomic E-state index is -1.11. The number of hydrogen-bond donors (Lipinski definition) is 2. The van der Waals surface area contributed by atoms with Gasteiger partial charge in [-0.3, -0.25) is 4.79 Å². The summed E-state index contributed by atoms with van der Waals surface area (Å²) < 4.78 is 11.0. The van der Waals surface area contributed by atoms with Crippen molar-refractivity contribution in [1.29, 1.82) is 0 Å². The Morgan fingerprint density at radius 2 is 1.52 bits per heavy atom. The molecule has 0 unspecified atom stereocenters. The van der Waals surface area contributed by atoms with Crippen molar-refractivity contribution in [2.24, 2.45) is 0 Å². The normalized spacial score (nSPS) is 10.3. The highest BCUT2D eigenvalue weighted by atomic mass is 16.5. The molecule has 1 amide bonds. The third-order valence-corrected chi connectivity index (χ3v) is 4.57. The van der Waals surface area contributed by atoms with Crippen LogP contribution in [0.1, 0.15) is 28.8 Å². The van der Waals surface area contributed by atoms with Gasteiger partial charge in [-0.25, -0.2) is 4.79 Å². The summed E-state index contributed by atoms with van der Waals surface area (Å²) >= 11 is 0. The number of aryl methyl sites for hydroxylation is 1. The number of ether oxygens (including phenoxy) is 2. The summed E-state index contributed by atoms with van der Waals surface area (Å²) in [6, 6.07) is 24.0. The van der Waals surface area contributed by atoms with Crippen LogP contribution in [0, 0.1) is 0 Å². The number of aliphatic carboxylic acids is 1. The van der Waals surface area contributed by atoms with Crippen molar-refractivity contribution in [2.45, 2.75) is 19.3 Å². The van der Waals surface area contributed by atoms with E-state index >= 15 is 0 Å². The van der Waals surface area contributed by atoms with E-state index in [-0.39, 0.29) is 17.2 Å². The predicted molar refractivity (Wildman–Crippen MR) is 119 cm³/mol. The van der Waals surface area contributed by atoms with E-state index in [0.717, 1.165) is 25.0 Å². The first-order valence-corrected chi connectivity index (χ1v) is 10.1. The van der Waals surface area contributed by atoms with Gasteiger partial charge in [-0.15, -0.1) is 0 Å². The minimum Gasteiger partial charge on any atom is -0.494 e. The fourth-order valence-corrected chi connectivity index (χ4v) is 3.02. The minimum absolute atomic E-state index is 0.220. The van der Waals surface area contributed by atoms with E-state index in [2.05, 4.69) is 17.4 Å². The van der Waals surface area contributed by atoms with E-state index in [1.807, 2.05) is 18.2 Å². The van der Waals surface area contributed by atoms with Gasteiger partial charge in [0.2, 0.25) is 0 Å². The van der Waals surface area contributed by atoms with Crippen molar-refractivity contribution in [3.05, 3.63) is 90.0 Å². The van der Waals surface area contributed by atoms with Crippen LogP contribution in [-0.4, -0.2) is 30.2 Å². The van der Waals surface area contributed by atoms with Gasteiger partial charge in [0.25, 0.3) is 5.91 Å². The molecule has 0 aliphatic carbocycles. The van der Waals surface area contributed by atoms with Gasteiger partial charge in [0, 0.05) is 5.69 Å². The molecule has 6 nitrogen and oxygen atoms in total. The van der Waals surface area contributed by atoms with Gasteiger partial charge in [0.1, 0.15) is 11.5 Å². The molecular weight excluding hydrogens is 394 g/mol. The first-order valence-electron chi connectivity index (χ1n) is 10.1. The summed E-state index contributed by atoms with van der Waals surface area (Å²) in [7, 11) is 0. The smallest absolute Gasteiger partial charge is 0.341 e. The fraction of sp³-hybridized carbons (Fsp3) is 0.200. The lowest BCUT2D eigenvalue weighted by Gasteiger charge is -2.11. The predicted octanol–water partition coefficient (Wildman–Crippen LogP) is 4.80. The molecule has 3 aromatic carbocycles. The standard InChI is InChI=1S/C25H25NO5/c27-24(28)18-31-23-12-5-4-11-22(23)25(29)26-20-13-15-21(16-14-20)30-17-7-6-10-19-8-2-1-3-9-19/h1-5,8-9,11-16H,6-7,10,17-18H2,(H,26,29)(H,27,28). The van der Waals surface area contributed by atoms with Crippen molar-refractivity contribution in [3.8, 4) is 11.5 Å². The van der Waals surface area contributed by atoms with Crippen molar-refractivity contribution < 1.29 is 24.2 Å². The number of carboxylic acid groups (broad SMARTS) is 1. The highest BCUT2D eigenvalue weighted by Gasteiger charge is 2.13. The molecule has 0 saturated heterocycles. The molecule has 0 aromatic heterocycles. The zero-order valence-electron chi connectivity index (χ0n) is 17.1. The summed E-state index contributed by atoms with van der Waals surface area (Å²) in [5.74, 6) is -0.526. The number of nitrogens with one attached hydrogen (secondary N) is 1. The molecule has 0 aliphatic rings. The van der Waals surface area contributed by atoms with Gasteiger partial charge in [-0.05, 0) is 61.2 Å².